The van der Waals surface area contributed by atoms with E-state index in [-0.39, 0.29) is 0 Å². The Hall–Kier alpha value is 0.01000. The summed E-state index contributed by atoms with van der Waals surface area (Å²) in [6.45, 7) is -2.67. The topological polar surface area (TPSA) is 68.5 Å². The van der Waals surface area contributed by atoms with Gasteiger partial charge in [-0.2, -0.15) is 5.09 Å². The van der Waals surface area contributed by atoms with E-state index in [1.165, 1.54) is 0 Å². The number of thiol groups is 1. The van der Waals surface area contributed by atoms with Crippen LogP contribution in [0.25, 0.3) is 0 Å². The van der Waals surface area contributed by atoms with E-state index in [1.54, 1.807) is 0 Å². The Bertz CT molecular complexity index is 140. The third kappa shape index (κ3) is 6.01. The third-order valence-electron chi connectivity index (χ3n) is 0.271. The van der Waals surface area contributed by atoms with Crippen molar-refractivity contribution in [3.63, 3.8) is 0 Å². The SMILES string of the molecule is CC(=O)[N]P(=O)(O)S. The van der Waals surface area contributed by atoms with E-state index in [0.29, 0.717) is 0 Å². The molecule has 8 heavy (non-hydrogen) atoms. The second-order valence-corrected chi connectivity index (χ2v) is 3.92. The van der Waals surface area contributed by atoms with E-state index in [9.17, 15) is 9.36 Å². The minimum absolute atomic E-state index is 0.689. The van der Waals surface area contributed by atoms with Crippen LogP contribution in [0.4, 0.5) is 0 Å². The average molecular weight is 154 g/mol. The fourth-order valence-electron chi connectivity index (χ4n) is 0.183. The Morgan fingerprint density at radius 1 is 1.88 bits per heavy atom. The Morgan fingerprint density at radius 2 is 2.25 bits per heavy atom. The van der Waals surface area contributed by atoms with Gasteiger partial charge in [0.2, 0.25) is 5.91 Å². The van der Waals surface area contributed by atoms with Gasteiger partial charge in [0.15, 0.2) is 0 Å². The fraction of sp³-hybridized carbons (Fsp3) is 0.500. The molecule has 0 aliphatic carbocycles. The number of rotatable bonds is 1. The standard InChI is InChI=1S/C2H5NO3PS/c1-2(4)3-7(5,6)8/h1H3,(H2,5,6,8). The summed E-state index contributed by atoms with van der Waals surface area (Å²) in [5, 5.41) is 2.75. The second-order valence-electron chi connectivity index (χ2n) is 1.13. The quantitative estimate of drug-likeness (QED) is 0.417. The molecule has 0 fully saturated rings. The van der Waals surface area contributed by atoms with Crippen LogP contribution in [0.1, 0.15) is 6.92 Å². The highest BCUT2D eigenvalue weighted by Gasteiger charge is 2.13. The predicted octanol–water partition coefficient (Wildman–Crippen LogP) is 0.167. The molecule has 0 aromatic carbocycles. The van der Waals surface area contributed by atoms with Crippen molar-refractivity contribution >= 4 is 24.9 Å². The molecular formula is C2H5NO3PS. The maximum atomic E-state index is 10.1. The summed E-state index contributed by atoms with van der Waals surface area (Å²) < 4.78 is 10.1. The number of nitrogens with zero attached hydrogens (tertiary/aromatic N) is 1. The van der Waals surface area contributed by atoms with Gasteiger partial charge in [-0.15, -0.1) is 0 Å². The average Bonchev–Trinajstić information content (AvgIpc) is 1.21. The fourth-order valence-corrected chi connectivity index (χ4v) is 0.928. The van der Waals surface area contributed by atoms with Crippen molar-refractivity contribution in [3.05, 3.63) is 0 Å². The van der Waals surface area contributed by atoms with Crippen LogP contribution >= 0.6 is 19.0 Å². The van der Waals surface area contributed by atoms with Crippen molar-refractivity contribution in [1.82, 2.24) is 5.09 Å². The number of hydrogen-bond acceptors (Lipinski definition) is 2. The minimum atomic E-state index is -3.75. The molecule has 0 aliphatic heterocycles. The second kappa shape index (κ2) is 2.53. The van der Waals surface area contributed by atoms with E-state index < -0.39 is 12.6 Å². The maximum absolute atomic E-state index is 10.1. The highest BCUT2D eigenvalue weighted by atomic mass is 32.7. The predicted molar refractivity (Wildman–Crippen MR) is 31.6 cm³/mol. The van der Waals surface area contributed by atoms with E-state index in [1.807, 2.05) is 0 Å². The Morgan fingerprint density at radius 3 is 2.25 bits per heavy atom. The van der Waals surface area contributed by atoms with Crippen LogP contribution in [0, 0.1) is 0 Å². The lowest BCUT2D eigenvalue weighted by atomic mass is 10.8. The zero-order chi connectivity index (χ0) is 6.78. The van der Waals surface area contributed by atoms with Gasteiger partial charge < -0.3 is 4.89 Å². The Kier molecular flexibility index (Phi) is 2.53. The number of carbonyl (C=O) groups is 1. The molecule has 1 radical (unpaired) electrons. The first-order valence-electron chi connectivity index (χ1n) is 1.71. The molecule has 1 amide bonds. The van der Waals surface area contributed by atoms with Gasteiger partial charge in [0.05, 0.1) is 0 Å². The molecule has 47 valence electrons. The molecule has 0 aliphatic rings. The highest BCUT2D eigenvalue weighted by Crippen LogP contribution is 2.41. The summed E-state index contributed by atoms with van der Waals surface area (Å²) in [7, 11) is 0. The molecule has 4 nitrogen and oxygen atoms in total. The van der Waals surface area contributed by atoms with Gasteiger partial charge in [0.25, 0.3) is 0 Å². The highest BCUT2D eigenvalue weighted by molar-refractivity contribution is 8.45. The molecule has 1 N–H and O–H groups in total. The van der Waals surface area contributed by atoms with E-state index >= 15 is 0 Å². The smallest absolute Gasteiger partial charge is 0.320 e. The van der Waals surface area contributed by atoms with Gasteiger partial charge in [0, 0.05) is 6.92 Å². The largest absolute Gasteiger partial charge is 0.369 e. The minimum Gasteiger partial charge on any atom is -0.320 e. The van der Waals surface area contributed by atoms with Gasteiger partial charge in [-0.25, -0.2) is 0 Å². The lowest BCUT2D eigenvalue weighted by molar-refractivity contribution is -0.117. The number of amides is 1. The number of hydrogen-bond donors (Lipinski definition) is 2. The Labute approximate surface area is 51.9 Å². The lowest BCUT2D eigenvalue weighted by Gasteiger charge is -1.96. The van der Waals surface area contributed by atoms with Crippen molar-refractivity contribution in [2.75, 3.05) is 0 Å². The summed E-state index contributed by atoms with van der Waals surface area (Å²) in [4.78, 5) is 18.1. The monoisotopic (exact) mass is 154 g/mol. The molecule has 0 bridgehead atoms. The van der Waals surface area contributed by atoms with Crippen LogP contribution in [0.2, 0.25) is 0 Å². The van der Waals surface area contributed by atoms with E-state index in [4.69, 9.17) is 4.89 Å². The van der Waals surface area contributed by atoms with Crippen molar-refractivity contribution in [3.8, 4) is 0 Å². The van der Waals surface area contributed by atoms with Crippen molar-refractivity contribution in [1.29, 1.82) is 0 Å². The van der Waals surface area contributed by atoms with Crippen LogP contribution in [0.5, 0.6) is 0 Å². The Balaban J connectivity index is 3.74. The first kappa shape index (κ1) is 8.01. The van der Waals surface area contributed by atoms with Gasteiger partial charge in [-0.3, -0.25) is 9.36 Å². The van der Waals surface area contributed by atoms with Crippen LogP contribution in [0.15, 0.2) is 0 Å². The first-order valence-corrected chi connectivity index (χ1v) is 4.48. The molecule has 0 rings (SSSR count). The zero-order valence-corrected chi connectivity index (χ0v) is 5.89. The van der Waals surface area contributed by atoms with Gasteiger partial charge in [-0.05, 0) is 0 Å². The lowest BCUT2D eigenvalue weighted by Crippen LogP contribution is -2.04. The van der Waals surface area contributed by atoms with Gasteiger partial charge in [-0.1, -0.05) is 12.2 Å². The summed E-state index contributed by atoms with van der Waals surface area (Å²) in [5.74, 6) is -0.689. The van der Waals surface area contributed by atoms with Crippen LogP contribution in [0.3, 0.4) is 0 Å². The van der Waals surface area contributed by atoms with Crippen molar-refractivity contribution < 1.29 is 14.3 Å². The van der Waals surface area contributed by atoms with E-state index in [0.717, 1.165) is 6.92 Å². The molecule has 1 unspecified atom stereocenters. The normalized spacial score (nSPS) is 16.9. The zero-order valence-electron chi connectivity index (χ0n) is 4.11. The van der Waals surface area contributed by atoms with Crippen molar-refractivity contribution in [2.45, 2.75) is 6.92 Å². The first-order chi connectivity index (χ1) is 3.42. The number of carbonyl (C=O) groups excluding carboxylic acids is 1. The summed E-state index contributed by atoms with van der Waals surface area (Å²) in [6, 6.07) is 0. The molecule has 0 aromatic heterocycles. The van der Waals surface area contributed by atoms with Crippen LogP contribution < -0.4 is 5.09 Å². The van der Waals surface area contributed by atoms with Gasteiger partial charge in [0.1, 0.15) is 0 Å². The summed E-state index contributed by atoms with van der Waals surface area (Å²) in [5.41, 5.74) is 0. The molecule has 0 saturated carbocycles. The summed E-state index contributed by atoms with van der Waals surface area (Å²) >= 11 is 3.12. The molecule has 1 atom stereocenters. The molecule has 0 aromatic rings. The van der Waals surface area contributed by atoms with Crippen LogP contribution in [-0.2, 0) is 9.36 Å². The maximum Gasteiger partial charge on any atom is 0.369 e. The van der Waals surface area contributed by atoms with Crippen LogP contribution in [-0.4, -0.2) is 10.8 Å². The molecule has 0 spiro atoms. The molecule has 0 saturated heterocycles. The molecular weight excluding hydrogens is 149 g/mol. The third-order valence-corrected chi connectivity index (χ3v) is 1.08. The molecule has 0 heterocycles. The summed E-state index contributed by atoms with van der Waals surface area (Å²) in [6.07, 6.45) is 0. The van der Waals surface area contributed by atoms with Crippen molar-refractivity contribution in [2.24, 2.45) is 0 Å². The van der Waals surface area contributed by atoms with E-state index in [2.05, 4.69) is 17.3 Å². The van der Waals surface area contributed by atoms with Gasteiger partial charge >= 0.3 is 6.72 Å². The molecule has 6 heteroatoms.